The van der Waals surface area contributed by atoms with E-state index in [9.17, 15) is 0 Å². The maximum Gasteiger partial charge on any atom is 0.225 e. The quantitative estimate of drug-likeness (QED) is 0.451. The van der Waals surface area contributed by atoms with Crippen molar-refractivity contribution in [1.29, 1.82) is 0 Å². The summed E-state index contributed by atoms with van der Waals surface area (Å²) < 4.78 is 5.83. The molecule has 0 saturated heterocycles. The first-order chi connectivity index (χ1) is 14.5. The van der Waals surface area contributed by atoms with Crippen LogP contribution in [0, 0.1) is 13.8 Å². The van der Waals surface area contributed by atoms with Gasteiger partial charge in [0.25, 0.3) is 0 Å². The molecule has 3 aromatic rings. The Kier molecular flexibility index (Phi) is 5.81. The highest BCUT2D eigenvalue weighted by Gasteiger charge is 2.15. The van der Waals surface area contributed by atoms with Crippen molar-refractivity contribution in [3.63, 3.8) is 0 Å². The average molecular weight is 418 g/mol. The first kappa shape index (κ1) is 20.1. The molecule has 152 valence electrons. The SMILES string of the molecule is CSc1nc(N)cc(Oc2ccc(C3=NN=C(Cc4cc(C)cc(C)c4)C3)cc2)n1. The number of rotatable bonds is 6. The van der Waals surface area contributed by atoms with Gasteiger partial charge in [0, 0.05) is 18.9 Å². The molecule has 4 rings (SSSR count). The number of nitrogens with two attached hydrogens (primary N) is 1. The van der Waals surface area contributed by atoms with Gasteiger partial charge in [0.05, 0.1) is 11.4 Å². The maximum atomic E-state index is 5.83. The van der Waals surface area contributed by atoms with Gasteiger partial charge in [-0.1, -0.05) is 41.1 Å². The van der Waals surface area contributed by atoms with Crippen molar-refractivity contribution >= 4 is 29.0 Å². The lowest BCUT2D eigenvalue weighted by molar-refractivity contribution is 0.456. The van der Waals surface area contributed by atoms with Gasteiger partial charge in [-0.05, 0) is 55.5 Å². The highest BCUT2D eigenvalue weighted by Crippen LogP contribution is 2.24. The van der Waals surface area contributed by atoms with Crippen LogP contribution in [0.25, 0.3) is 0 Å². The van der Waals surface area contributed by atoms with Crippen molar-refractivity contribution in [2.45, 2.75) is 31.8 Å². The Hall–Kier alpha value is -3.19. The number of hydrogen-bond acceptors (Lipinski definition) is 7. The van der Waals surface area contributed by atoms with Crippen molar-refractivity contribution < 1.29 is 4.74 Å². The van der Waals surface area contributed by atoms with Crippen LogP contribution in [0.3, 0.4) is 0 Å². The second-order valence-corrected chi connectivity index (χ2v) is 8.08. The molecule has 0 radical (unpaired) electrons. The Labute approximate surface area is 180 Å². The first-order valence-corrected chi connectivity index (χ1v) is 10.9. The topological polar surface area (TPSA) is 85.8 Å². The summed E-state index contributed by atoms with van der Waals surface area (Å²) >= 11 is 1.42. The fraction of sp³-hybridized carbons (Fsp3) is 0.217. The summed E-state index contributed by atoms with van der Waals surface area (Å²) in [6.07, 6.45) is 3.47. The van der Waals surface area contributed by atoms with E-state index in [2.05, 4.69) is 52.2 Å². The third-order valence-electron chi connectivity index (χ3n) is 4.67. The van der Waals surface area contributed by atoms with Crippen molar-refractivity contribution in [3.8, 4) is 11.6 Å². The van der Waals surface area contributed by atoms with Crippen LogP contribution in [-0.2, 0) is 6.42 Å². The van der Waals surface area contributed by atoms with Crippen LogP contribution >= 0.6 is 11.8 Å². The molecule has 0 unspecified atom stereocenters. The van der Waals surface area contributed by atoms with Crippen molar-refractivity contribution in [2.75, 3.05) is 12.0 Å². The number of thioether (sulfide) groups is 1. The number of ether oxygens (including phenoxy) is 1. The van der Waals surface area contributed by atoms with Crippen LogP contribution in [0.15, 0.2) is 63.9 Å². The molecule has 0 fully saturated rings. The van der Waals surface area contributed by atoms with E-state index >= 15 is 0 Å². The molecule has 0 aliphatic carbocycles. The molecule has 2 aromatic carbocycles. The Morgan fingerprint density at radius 1 is 0.967 bits per heavy atom. The summed E-state index contributed by atoms with van der Waals surface area (Å²) in [5.74, 6) is 1.49. The molecule has 0 bridgehead atoms. The molecular weight excluding hydrogens is 394 g/mol. The second kappa shape index (κ2) is 8.67. The van der Waals surface area contributed by atoms with Gasteiger partial charge in [-0.25, -0.2) is 4.98 Å². The molecule has 0 saturated carbocycles. The van der Waals surface area contributed by atoms with E-state index in [1.165, 1.54) is 28.5 Å². The van der Waals surface area contributed by atoms with E-state index < -0.39 is 0 Å². The van der Waals surface area contributed by atoms with Crippen molar-refractivity contribution in [2.24, 2.45) is 10.2 Å². The predicted molar refractivity (Wildman–Crippen MR) is 123 cm³/mol. The number of hydrogen-bond donors (Lipinski definition) is 1. The normalized spacial score (nSPS) is 13.2. The largest absolute Gasteiger partial charge is 0.439 e. The van der Waals surface area contributed by atoms with E-state index in [0.29, 0.717) is 22.6 Å². The lowest BCUT2D eigenvalue weighted by Gasteiger charge is -2.08. The lowest BCUT2D eigenvalue weighted by Crippen LogP contribution is -2.07. The molecule has 1 aliphatic heterocycles. The Bertz CT molecular complexity index is 1120. The molecule has 0 atom stereocenters. The third kappa shape index (κ3) is 4.86. The van der Waals surface area contributed by atoms with Gasteiger partial charge in [0.1, 0.15) is 11.6 Å². The highest BCUT2D eigenvalue weighted by atomic mass is 32.2. The predicted octanol–water partition coefficient (Wildman–Crippen LogP) is 4.98. The van der Waals surface area contributed by atoms with E-state index in [1.54, 1.807) is 6.07 Å². The fourth-order valence-corrected chi connectivity index (χ4v) is 3.84. The van der Waals surface area contributed by atoms with E-state index in [-0.39, 0.29) is 0 Å². The van der Waals surface area contributed by atoms with Gasteiger partial charge in [0.2, 0.25) is 5.88 Å². The van der Waals surface area contributed by atoms with Crippen molar-refractivity contribution in [1.82, 2.24) is 9.97 Å². The zero-order valence-corrected chi connectivity index (χ0v) is 18.0. The maximum absolute atomic E-state index is 5.83. The second-order valence-electron chi connectivity index (χ2n) is 7.31. The minimum atomic E-state index is 0.384. The summed E-state index contributed by atoms with van der Waals surface area (Å²) in [5, 5.41) is 9.39. The number of nitrogen functional groups attached to an aromatic ring is 1. The van der Waals surface area contributed by atoms with Crippen molar-refractivity contribution in [3.05, 3.63) is 70.8 Å². The van der Waals surface area contributed by atoms with E-state index in [0.717, 1.165) is 29.8 Å². The zero-order chi connectivity index (χ0) is 21.1. The zero-order valence-electron chi connectivity index (χ0n) is 17.2. The minimum absolute atomic E-state index is 0.384. The first-order valence-electron chi connectivity index (χ1n) is 9.65. The number of benzene rings is 2. The van der Waals surface area contributed by atoms with Gasteiger partial charge in [0.15, 0.2) is 5.16 Å². The summed E-state index contributed by atoms with van der Waals surface area (Å²) in [6, 6.07) is 16.0. The van der Waals surface area contributed by atoms with Crippen LogP contribution in [0.2, 0.25) is 0 Å². The monoisotopic (exact) mass is 417 g/mol. The molecule has 2 heterocycles. The summed E-state index contributed by atoms with van der Waals surface area (Å²) in [5.41, 5.74) is 12.7. The summed E-state index contributed by atoms with van der Waals surface area (Å²) in [4.78, 5) is 8.44. The number of aromatic nitrogens is 2. The van der Waals surface area contributed by atoms with Gasteiger partial charge in [-0.15, -0.1) is 0 Å². The Morgan fingerprint density at radius 3 is 2.40 bits per heavy atom. The number of aryl methyl sites for hydroxylation is 2. The fourth-order valence-electron chi connectivity index (χ4n) is 3.46. The van der Waals surface area contributed by atoms with Gasteiger partial charge >= 0.3 is 0 Å². The molecule has 1 aromatic heterocycles. The number of anilines is 1. The standard InChI is InChI=1S/C23H23N5OS/c1-14-8-15(2)10-16(9-14)11-18-12-20(28-27-18)17-4-6-19(7-5-17)29-22-13-21(24)25-23(26-22)30-3/h4-10,13H,11-12H2,1-3H3,(H2,24,25,26). The van der Waals surface area contributed by atoms with Gasteiger partial charge in [-0.3, -0.25) is 0 Å². The van der Waals surface area contributed by atoms with Crippen LogP contribution in [0.4, 0.5) is 5.82 Å². The van der Waals surface area contributed by atoms with E-state index in [4.69, 9.17) is 10.5 Å². The Balaban J connectivity index is 1.40. The lowest BCUT2D eigenvalue weighted by atomic mass is 9.99. The molecule has 0 amide bonds. The molecule has 2 N–H and O–H groups in total. The van der Waals surface area contributed by atoms with Crippen LogP contribution in [-0.4, -0.2) is 27.6 Å². The van der Waals surface area contributed by atoms with Crippen LogP contribution in [0.1, 0.15) is 28.7 Å². The Morgan fingerprint density at radius 2 is 1.70 bits per heavy atom. The highest BCUT2D eigenvalue weighted by molar-refractivity contribution is 7.98. The molecule has 7 heteroatoms. The molecule has 30 heavy (non-hydrogen) atoms. The average Bonchev–Trinajstić information content (AvgIpc) is 3.15. The molecule has 1 aliphatic rings. The van der Waals surface area contributed by atoms with Gasteiger partial charge in [-0.2, -0.15) is 15.2 Å². The van der Waals surface area contributed by atoms with Crippen LogP contribution < -0.4 is 10.5 Å². The van der Waals surface area contributed by atoms with E-state index in [1.807, 2.05) is 30.5 Å². The third-order valence-corrected chi connectivity index (χ3v) is 5.22. The minimum Gasteiger partial charge on any atom is -0.439 e. The van der Waals surface area contributed by atoms with Gasteiger partial charge < -0.3 is 10.5 Å². The molecule has 6 nitrogen and oxygen atoms in total. The number of nitrogens with zero attached hydrogens (tertiary/aromatic N) is 4. The summed E-state index contributed by atoms with van der Waals surface area (Å²) in [6.45, 7) is 4.24. The van der Waals surface area contributed by atoms with Crippen LogP contribution in [0.5, 0.6) is 11.6 Å². The smallest absolute Gasteiger partial charge is 0.225 e. The molecule has 0 spiro atoms. The summed E-state index contributed by atoms with van der Waals surface area (Å²) in [7, 11) is 0. The molecular formula is C23H23N5OS.